The standard InChI is InChI=1S/C25H32N4O6/c1-14-17(15(2)26-24-23(14)25(35-7)28-29(24)3)9-11-21(30)27-18(13-22(31)34-6)16-8-10-19(32-4)20(12-16)33-5/h8,10,12,18H,9,11,13H2,1-7H3,(H,27,30). The van der Waals surface area contributed by atoms with Crippen molar-refractivity contribution in [3.63, 3.8) is 0 Å². The van der Waals surface area contributed by atoms with Crippen molar-refractivity contribution in [1.82, 2.24) is 20.1 Å². The topological polar surface area (TPSA) is 114 Å². The van der Waals surface area contributed by atoms with Crippen LogP contribution in [0.4, 0.5) is 0 Å². The van der Waals surface area contributed by atoms with Crippen molar-refractivity contribution in [2.24, 2.45) is 7.05 Å². The van der Waals surface area contributed by atoms with Crippen LogP contribution in [0.2, 0.25) is 0 Å². The zero-order chi connectivity index (χ0) is 25.7. The number of ether oxygens (including phenoxy) is 4. The van der Waals surface area contributed by atoms with Gasteiger partial charge in [-0.3, -0.25) is 9.59 Å². The van der Waals surface area contributed by atoms with Gasteiger partial charge >= 0.3 is 5.97 Å². The Morgan fingerprint density at radius 2 is 1.77 bits per heavy atom. The van der Waals surface area contributed by atoms with Crippen molar-refractivity contribution in [1.29, 1.82) is 0 Å². The van der Waals surface area contributed by atoms with Gasteiger partial charge in [-0.15, -0.1) is 5.10 Å². The van der Waals surface area contributed by atoms with Crippen molar-refractivity contribution >= 4 is 22.9 Å². The molecule has 3 rings (SSSR count). The van der Waals surface area contributed by atoms with Gasteiger partial charge in [-0.05, 0) is 49.1 Å². The van der Waals surface area contributed by atoms with Gasteiger partial charge < -0.3 is 24.3 Å². The molecule has 0 fully saturated rings. The maximum absolute atomic E-state index is 13.0. The molecule has 1 N–H and O–H groups in total. The molecule has 0 aliphatic heterocycles. The molecule has 10 heteroatoms. The minimum absolute atomic E-state index is 0.0177. The number of benzene rings is 1. The number of methoxy groups -OCH3 is 4. The molecule has 1 amide bonds. The Bertz CT molecular complexity index is 1240. The van der Waals surface area contributed by atoms with E-state index in [1.165, 1.54) is 14.2 Å². The fraction of sp³-hybridized carbons (Fsp3) is 0.440. The number of aryl methyl sites for hydroxylation is 3. The highest BCUT2D eigenvalue weighted by atomic mass is 16.5. The normalized spacial score (nSPS) is 11.7. The van der Waals surface area contributed by atoms with Gasteiger partial charge in [0.25, 0.3) is 0 Å². The number of esters is 1. The average Bonchev–Trinajstić information content (AvgIpc) is 3.18. The number of nitrogens with zero attached hydrogens (tertiary/aromatic N) is 3. The van der Waals surface area contributed by atoms with Crippen LogP contribution in [0.5, 0.6) is 17.4 Å². The van der Waals surface area contributed by atoms with E-state index >= 15 is 0 Å². The first-order chi connectivity index (χ1) is 16.7. The molecule has 0 aliphatic carbocycles. The van der Waals surface area contributed by atoms with Crippen LogP contribution >= 0.6 is 0 Å². The summed E-state index contributed by atoms with van der Waals surface area (Å²) in [5.41, 5.74) is 4.22. The average molecular weight is 485 g/mol. The van der Waals surface area contributed by atoms with Gasteiger partial charge in [0.2, 0.25) is 11.8 Å². The smallest absolute Gasteiger partial charge is 0.307 e. The molecular weight excluding hydrogens is 452 g/mol. The SMILES string of the molecule is COC(=O)CC(NC(=O)CCc1c(C)nc2c(c(OC)nn2C)c1C)c1ccc(OC)c(OC)c1. The van der Waals surface area contributed by atoms with Gasteiger partial charge in [-0.25, -0.2) is 9.67 Å². The highest BCUT2D eigenvalue weighted by Gasteiger charge is 2.22. The Hall–Kier alpha value is -3.82. The van der Waals surface area contributed by atoms with Crippen molar-refractivity contribution in [2.45, 2.75) is 39.2 Å². The third-order valence-corrected chi connectivity index (χ3v) is 6.06. The van der Waals surface area contributed by atoms with Gasteiger partial charge in [0.05, 0.1) is 46.3 Å². The summed E-state index contributed by atoms with van der Waals surface area (Å²) in [6.45, 7) is 3.90. The van der Waals surface area contributed by atoms with Gasteiger partial charge in [0.15, 0.2) is 17.1 Å². The summed E-state index contributed by atoms with van der Waals surface area (Å²) in [4.78, 5) is 29.7. The van der Waals surface area contributed by atoms with Crippen LogP contribution in [0.3, 0.4) is 0 Å². The first kappa shape index (κ1) is 25.8. The fourth-order valence-corrected chi connectivity index (χ4v) is 4.18. The predicted octanol–water partition coefficient (Wildman–Crippen LogP) is 2.96. The monoisotopic (exact) mass is 484 g/mol. The van der Waals surface area contributed by atoms with E-state index in [4.69, 9.17) is 18.9 Å². The molecule has 2 aromatic heterocycles. The van der Waals surface area contributed by atoms with Crippen molar-refractivity contribution < 1.29 is 28.5 Å². The first-order valence-electron chi connectivity index (χ1n) is 11.2. The number of nitrogens with one attached hydrogen (secondary N) is 1. The van der Waals surface area contributed by atoms with Crippen LogP contribution < -0.4 is 19.5 Å². The maximum atomic E-state index is 13.0. The second-order valence-corrected chi connectivity index (χ2v) is 8.15. The first-order valence-corrected chi connectivity index (χ1v) is 11.2. The van der Waals surface area contributed by atoms with Crippen LogP contribution in [0.15, 0.2) is 18.2 Å². The van der Waals surface area contributed by atoms with E-state index in [0.717, 1.165) is 27.9 Å². The van der Waals surface area contributed by atoms with E-state index in [-0.39, 0.29) is 18.7 Å². The largest absolute Gasteiger partial charge is 0.493 e. The van der Waals surface area contributed by atoms with E-state index < -0.39 is 12.0 Å². The lowest BCUT2D eigenvalue weighted by Crippen LogP contribution is -2.30. The summed E-state index contributed by atoms with van der Waals surface area (Å²) in [5.74, 6) is 0.926. The fourth-order valence-electron chi connectivity index (χ4n) is 4.18. The number of rotatable bonds is 10. The molecule has 0 bridgehead atoms. The molecule has 10 nitrogen and oxygen atoms in total. The minimum Gasteiger partial charge on any atom is -0.493 e. The number of pyridine rings is 1. The molecule has 1 unspecified atom stereocenters. The number of amides is 1. The van der Waals surface area contributed by atoms with Crippen LogP contribution in [0, 0.1) is 13.8 Å². The molecule has 1 atom stereocenters. The summed E-state index contributed by atoms with van der Waals surface area (Å²) < 4.78 is 22.6. The molecule has 2 heterocycles. The molecule has 0 spiro atoms. The van der Waals surface area contributed by atoms with Gasteiger partial charge in [-0.1, -0.05) is 6.07 Å². The second-order valence-electron chi connectivity index (χ2n) is 8.15. The number of hydrogen-bond donors (Lipinski definition) is 1. The quantitative estimate of drug-likeness (QED) is 0.437. The molecule has 0 aliphatic rings. The van der Waals surface area contributed by atoms with Gasteiger partial charge in [0.1, 0.15) is 0 Å². The van der Waals surface area contributed by atoms with Crippen LogP contribution in [0.1, 0.15) is 41.3 Å². The molecule has 0 radical (unpaired) electrons. The van der Waals surface area contributed by atoms with Crippen molar-refractivity contribution in [2.75, 3.05) is 28.4 Å². The van der Waals surface area contributed by atoms with Gasteiger partial charge in [-0.2, -0.15) is 0 Å². The van der Waals surface area contributed by atoms with E-state index in [1.807, 2.05) is 20.9 Å². The highest BCUT2D eigenvalue weighted by Crippen LogP contribution is 2.32. The summed E-state index contributed by atoms with van der Waals surface area (Å²) in [6, 6.07) is 4.68. The van der Waals surface area contributed by atoms with E-state index in [2.05, 4.69) is 15.4 Å². The van der Waals surface area contributed by atoms with E-state index in [9.17, 15) is 9.59 Å². The van der Waals surface area contributed by atoms with Crippen molar-refractivity contribution in [3.05, 3.63) is 40.6 Å². The Kier molecular flexibility index (Phi) is 8.16. The highest BCUT2D eigenvalue weighted by molar-refractivity contribution is 5.86. The maximum Gasteiger partial charge on any atom is 0.307 e. The Morgan fingerprint density at radius 3 is 2.40 bits per heavy atom. The van der Waals surface area contributed by atoms with Crippen LogP contribution in [0.25, 0.3) is 11.0 Å². The molecule has 188 valence electrons. The third-order valence-electron chi connectivity index (χ3n) is 6.06. The molecular formula is C25H32N4O6. The number of carbonyl (C=O) groups excluding carboxylic acids is 2. The third kappa shape index (κ3) is 5.47. The lowest BCUT2D eigenvalue weighted by atomic mass is 9.99. The molecule has 0 saturated carbocycles. The lowest BCUT2D eigenvalue weighted by molar-refractivity contribution is -0.141. The molecule has 35 heavy (non-hydrogen) atoms. The summed E-state index contributed by atoms with van der Waals surface area (Å²) in [6.07, 6.45) is 0.667. The lowest BCUT2D eigenvalue weighted by Gasteiger charge is -2.20. The minimum atomic E-state index is -0.587. The summed E-state index contributed by atoms with van der Waals surface area (Å²) in [7, 11) is 7.78. The summed E-state index contributed by atoms with van der Waals surface area (Å²) in [5, 5.41) is 8.17. The second kappa shape index (κ2) is 11.1. The van der Waals surface area contributed by atoms with E-state index in [0.29, 0.717) is 29.4 Å². The Labute approximate surface area is 204 Å². The van der Waals surface area contributed by atoms with Crippen molar-refractivity contribution in [3.8, 4) is 17.4 Å². The predicted molar refractivity (Wildman–Crippen MR) is 130 cm³/mol. The number of aromatic nitrogens is 3. The molecule has 3 aromatic rings. The van der Waals surface area contributed by atoms with Crippen LogP contribution in [-0.4, -0.2) is 55.1 Å². The zero-order valence-corrected chi connectivity index (χ0v) is 21.2. The Balaban J connectivity index is 1.82. The van der Waals surface area contributed by atoms with Crippen LogP contribution in [-0.2, 0) is 27.8 Å². The Morgan fingerprint density at radius 1 is 1.06 bits per heavy atom. The molecule has 0 saturated heterocycles. The summed E-state index contributed by atoms with van der Waals surface area (Å²) >= 11 is 0. The van der Waals surface area contributed by atoms with E-state index in [1.54, 1.807) is 37.1 Å². The molecule has 1 aromatic carbocycles. The number of hydrogen-bond acceptors (Lipinski definition) is 8. The van der Waals surface area contributed by atoms with Gasteiger partial charge in [0, 0.05) is 19.2 Å². The zero-order valence-electron chi connectivity index (χ0n) is 21.2. The number of carbonyl (C=O) groups is 2. The number of fused-ring (bicyclic) bond motifs is 1.